The third-order valence-corrected chi connectivity index (χ3v) is 4.58. The summed E-state index contributed by atoms with van der Waals surface area (Å²) in [6, 6.07) is 20.4. The average Bonchev–Trinajstić information content (AvgIpc) is 3.22. The van der Waals surface area contributed by atoms with Crippen molar-refractivity contribution in [2.45, 2.75) is 6.04 Å². The average molecular weight is 410 g/mol. The van der Waals surface area contributed by atoms with E-state index in [0.29, 0.717) is 16.5 Å². The van der Waals surface area contributed by atoms with Crippen molar-refractivity contribution in [3.05, 3.63) is 95.1 Å². The minimum absolute atomic E-state index is 0.239. The van der Waals surface area contributed by atoms with Crippen LogP contribution in [0.3, 0.4) is 0 Å². The van der Waals surface area contributed by atoms with Gasteiger partial charge in [0.05, 0.1) is 7.11 Å². The molecule has 3 aromatic carbocycles. The first-order valence-corrected chi connectivity index (χ1v) is 9.25. The van der Waals surface area contributed by atoms with Crippen LogP contribution in [0.5, 0.6) is 5.75 Å². The quantitative estimate of drug-likeness (QED) is 0.440. The highest BCUT2D eigenvalue weighted by atomic mass is 35.5. The molecule has 29 heavy (non-hydrogen) atoms. The van der Waals surface area contributed by atoms with Crippen LogP contribution in [-0.4, -0.2) is 17.3 Å². The molecule has 0 fully saturated rings. The highest BCUT2D eigenvalue weighted by Crippen LogP contribution is 2.30. The summed E-state index contributed by atoms with van der Waals surface area (Å²) in [6.45, 7) is 0. The van der Waals surface area contributed by atoms with E-state index in [2.05, 4.69) is 15.5 Å². The lowest BCUT2D eigenvalue weighted by Crippen LogP contribution is -2.13. The number of nitrogens with one attached hydrogen (secondary N) is 1. The molecule has 0 aliphatic carbocycles. The zero-order valence-electron chi connectivity index (χ0n) is 15.5. The van der Waals surface area contributed by atoms with Crippen molar-refractivity contribution in [3.8, 4) is 17.2 Å². The van der Waals surface area contributed by atoms with Crippen LogP contribution in [0, 0.1) is 5.82 Å². The van der Waals surface area contributed by atoms with Gasteiger partial charge in [0.2, 0.25) is 11.8 Å². The Morgan fingerprint density at radius 1 is 1.00 bits per heavy atom. The molecule has 0 spiro atoms. The molecule has 0 aliphatic heterocycles. The van der Waals surface area contributed by atoms with Crippen LogP contribution in [0.4, 0.5) is 10.1 Å². The van der Waals surface area contributed by atoms with Crippen LogP contribution in [0.15, 0.2) is 77.2 Å². The maximum Gasteiger partial charge on any atom is 0.247 e. The van der Waals surface area contributed by atoms with E-state index in [1.165, 1.54) is 12.1 Å². The molecule has 0 saturated heterocycles. The number of hydrogen-bond acceptors (Lipinski definition) is 5. The minimum Gasteiger partial charge on any atom is -0.497 e. The number of nitrogens with zero attached hydrogens (tertiary/aromatic N) is 2. The van der Waals surface area contributed by atoms with Crippen molar-refractivity contribution in [1.29, 1.82) is 0 Å². The van der Waals surface area contributed by atoms with Crippen molar-refractivity contribution >= 4 is 17.3 Å². The standard InChI is InChI=1S/C22H17ClFN3O2/c1-28-19-10-8-18(9-11-19)25-20(14-4-2-6-16(23)12-14)22-27-26-21(29-22)15-5-3-7-17(24)13-15/h2-13,20,25H,1H3/t20-/m1/s1. The second kappa shape index (κ2) is 8.32. The van der Waals surface area contributed by atoms with E-state index >= 15 is 0 Å². The number of aromatic nitrogens is 2. The summed E-state index contributed by atoms with van der Waals surface area (Å²) < 4.78 is 24.6. The molecule has 146 valence electrons. The summed E-state index contributed by atoms with van der Waals surface area (Å²) in [6.07, 6.45) is 0. The SMILES string of the molecule is COc1ccc(N[C@H](c2cccc(Cl)c2)c2nnc(-c3cccc(F)c3)o2)cc1. The minimum atomic E-state index is -0.447. The van der Waals surface area contributed by atoms with Gasteiger partial charge in [-0.15, -0.1) is 10.2 Å². The van der Waals surface area contributed by atoms with Crippen LogP contribution < -0.4 is 10.1 Å². The first-order valence-electron chi connectivity index (χ1n) is 8.88. The molecule has 5 nitrogen and oxygen atoms in total. The Morgan fingerprint density at radius 3 is 2.52 bits per heavy atom. The van der Waals surface area contributed by atoms with Crippen molar-refractivity contribution < 1.29 is 13.5 Å². The molecule has 0 amide bonds. The van der Waals surface area contributed by atoms with Crippen LogP contribution in [0.2, 0.25) is 5.02 Å². The van der Waals surface area contributed by atoms with Crippen LogP contribution >= 0.6 is 11.6 Å². The number of benzene rings is 3. The molecule has 0 radical (unpaired) electrons. The molecule has 0 saturated carbocycles. The van der Waals surface area contributed by atoms with Gasteiger partial charge in [-0.1, -0.05) is 29.8 Å². The van der Waals surface area contributed by atoms with Gasteiger partial charge in [0.25, 0.3) is 0 Å². The highest BCUT2D eigenvalue weighted by molar-refractivity contribution is 6.30. The third kappa shape index (κ3) is 4.38. The van der Waals surface area contributed by atoms with Crippen molar-refractivity contribution in [3.63, 3.8) is 0 Å². The smallest absolute Gasteiger partial charge is 0.247 e. The molecule has 0 bridgehead atoms. The maximum absolute atomic E-state index is 13.5. The summed E-state index contributed by atoms with van der Waals surface area (Å²) in [5.74, 6) is 0.955. The number of halogens is 2. The predicted octanol–water partition coefficient (Wildman–Crippen LogP) is 5.74. The zero-order chi connectivity index (χ0) is 20.2. The molecule has 1 heterocycles. The molecule has 0 unspecified atom stereocenters. The maximum atomic E-state index is 13.5. The second-order valence-electron chi connectivity index (χ2n) is 6.32. The summed E-state index contributed by atoms with van der Waals surface area (Å²) in [4.78, 5) is 0. The Balaban J connectivity index is 1.70. The second-order valence-corrected chi connectivity index (χ2v) is 6.75. The van der Waals surface area contributed by atoms with Gasteiger partial charge in [-0.3, -0.25) is 0 Å². The lowest BCUT2D eigenvalue weighted by molar-refractivity contribution is 0.415. The Kier molecular flexibility index (Phi) is 5.44. The predicted molar refractivity (Wildman–Crippen MR) is 110 cm³/mol. The Labute approximate surface area is 172 Å². The van der Waals surface area contributed by atoms with Gasteiger partial charge in [-0.05, 0) is 60.2 Å². The Bertz CT molecular complexity index is 1120. The summed E-state index contributed by atoms with van der Waals surface area (Å²) in [7, 11) is 1.61. The molecule has 1 N–H and O–H groups in total. The van der Waals surface area contributed by atoms with Gasteiger partial charge in [-0.2, -0.15) is 0 Å². The fourth-order valence-corrected chi connectivity index (χ4v) is 3.12. The van der Waals surface area contributed by atoms with Gasteiger partial charge >= 0.3 is 0 Å². The highest BCUT2D eigenvalue weighted by Gasteiger charge is 2.22. The molecule has 4 rings (SSSR count). The number of rotatable bonds is 6. The Morgan fingerprint density at radius 2 is 1.79 bits per heavy atom. The summed E-state index contributed by atoms with van der Waals surface area (Å²) in [5, 5.41) is 12.3. The monoisotopic (exact) mass is 409 g/mol. The van der Waals surface area contributed by atoms with Gasteiger partial charge in [0.15, 0.2) is 0 Å². The topological polar surface area (TPSA) is 60.2 Å². The first-order chi connectivity index (χ1) is 14.1. The van der Waals surface area contributed by atoms with Crippen molar-refractivity contribution in [2.75, 3.05) is 12.4 Å². The molecule has 7 heteroatoms. The molecule has 1 atom stereocenters. The van der Waals surface area contributed by atoms with E-state index < -0.39 is 6.04 Å². The van der Waals surface area contributed by atoms with Crippen LogP contribution in [-0.2, 0) is 0 Å². The normalized spacial score (nSPS) is 11.8. The van der Waals surface area contributed by atoms with Crippen LogP contribution in [0.1, 0.15) is 17.5 Å². The number of anilines is 1. The molecule has 1 aromatic heterocycles. The lowest BCUT2D eigenvalue weighted by atomic mass is 10.1. The number of ether oxygens (including phenoxy) is 1. The van der Waals surface area contributed by atoms with E-state index in [-0.39, 0.29) is 11.7 Å². The molecular formula is C22H17ClFN3O2. The van der Waals surface area contributed by atoms with Gasteiger partial charge in [0, 0.05) is 16.3 Å². The van der Waals surface area contributed by atoms with E-state index in [0.717, 1.165) is 17.0 Å². The molecule has 0 aliphatic rings. The summed E-state index contributed by atoms with van der Waals surface area (Å²) in [5.41, 5.74) is 2.20. The van der Waals surface area contributed by atoms with Crippen LogP contribution in [0.25, 0.3) is 11.5 Å². The third-order valence-electron chi connectivity index (χ3n) is 4.34. The van der Waals surface area contributed by atoms with Crippen molar-refractivity contribution in [2.24, 2.45) is 0 Å². The zero-order valence-corrected chi connectivity index (χ0v) is 16.2. The number of hydrogen-bond donors (Lipinski definition) is 1. The van der Waals surface area contributed by atoms with E-state index in [1.807, 2.05) is 42.5 Å². The van der Waals surface area contributed by atoms with Crippen molar-refractivity contribution in [1.82, 2.24) is 10.2 Å². The van der Waals surface area contributed by atoms with Gasteiger partial charge in [-0.25, -0.2) is 4.39 Å². The van der Waals surface area contributed by atoms with Gasteiger partial charge in [0.1, 0.15) is 17.6 Å². The van der Waals surface area contributed by atoms with Gasteiger partial charge < -0.3 is 14.5 Å². The molecular weight excluding hydrogens is 393 g/mol. The van der Waals surface area contributed by atoms with E-state index in [1.54, 1.807) is 25.3 Å². The lowest BCUT2D eigenvalue weighted by Gasteiger charge is -2.17. The first kappa shape index (κ1) is 19.0. The fraction of sp³-hybridized carbons (Fsp3) is 0.0909. The fourth-order valence-electron chi connectivity index (χ4n) is 2.92. The summed E-state index contributed by atoms with van der Waals surface area (Å²) >= 11 is 6.18. The Hall–Kier alpha value is -3.38. The van der Waals surface area contributed by atoms with E-state index in [9.17, 15) is 4.39 Å². The van der Waals surface area contributed by atoms with E-state index in [4.69, 9.17) is 20.8 Å². The molecule has 4 aromatic rings. The number of methoxy groups -OCH3 is 1. The largest absolute Gasteiger partial charge is 0.497 e.